The third-order valence-electron chi connectivity index (χ3n) is 3.84. The third-order valence-corrected chi connectivity index (χ3v) is 3.84. The number of amides is 1. The number of ether oxygens (including phenoxy) is 2. The highest BCUT2D eigenvalue weighted by Crippen LogP contribution is 2.30. The molecule has 2 aromatic rings. The Morgan fingerprint density at radius 3 is 2.66 bits per heavy atom. The molecule has 0 aliphatic rings. The summed E-state index contributed by atoms with van der Waals surface area (Å²) < 4.78 is 10.9. The van der Waals surface area contributed by atoms with Crippen LogP contribution in [0.2, 0.25) is 0 Å². The number of rotatable bonds is 9. The van der Waals surface area contributed by atoms with Gasteiger partial charge in [0, 0.05) is 30.4 Å². The normalized spacial score (nSPS) is 11.0. The van der Waals surface area contributed by atoms with Crippen molar-refractivity contribution in [3.63, 3.8) is 0 Å². The first kappa shape index (κ1) is 22.0. The van der Waals surface area contributed by atoms with Crippen LogP contribution in [0.1, 0.15) is 26.0 Å². The van der Waals surface area contributed by atoms with Gasteiger partial charge in [0.2, 0.25) is 5.91 Å². The molecular formula is C21H29N5O3. The van der Waals surface area contributed by atoms with Gasteiger partial charge in [0.15, 0.2) is 17.5 Å². The number of aromatic nitrogens is 1. The highest BCUT2D eigenvalue weighted by atomic mass is 16.5. The predicted octanol–water partition coefficient (Wildman–Crippen LogP) is 3.20. The summed E-state index contributed by atoms with van der Waals surface area (Å²) in [7, 11) is 1.60. The van der Waals surface area contributed by atoms with E-state index < -0.39 is 0 Å². The van der Waals surface area contributed by atoms with Crippen LogP contribution in [0.3, 0.4) is 0 Å². The molecule has 0 radical (unpaired) electrons. The minimum absolute atomic E-state index is 0.134. The summed E-state index contributed by atoms with van der Waals surface area (Å²) >= 11 is 0. The largest absolute Gasteiger partial charge is 0.493 e. The summed E-state index contributed by atoms with van der Waals surface area (Å²) in [5.41, 5.74) is 1.66. The number of anilines is 2. The topological polar surface area (TPSA) is 96.9 Å². The molecule has 1 aromatic heterocycles. The van der Waals surface area contributed by atoms with Crippen LogP contribution in [0, 0.1) is 6.92 Å². The number of guanidine groups is 1. The van der Waals surface area contributed by atoms with E-state index in [1.165, 1.54) is 0 Å². The fraction of sp³-hybridized carbons (Fsp3) is 0.381. The lowest BCUT2D eigenvalue weighted by Gasteiger charge is -2.14. The first-order chi connectivity index (χ1) is 14.0. The van der Waals surface area contributed by atoms with Crippen molar-refractivity contribution < 1.29 is 14.3 Å². The molecule has 0 unspecified atom stereocenters. The summed E-state index contributed by atoms with van der Waals surface area (Å²) in [5, 5.41) is 9.17. The number of methoxy groups -OCH3 is 1. The van der Waals surface area contributed by atoms with Crippen LogP contribution >= 0.6 is 0 Å². The number of aliphatic imine (C=N–C) groups is 1. The first-order valence-electron chi connectivity index (χ1n) is 9.65. The second-order valence-corrected chi connectivity index (χ2v) is 6.15. The number of aryl methyl sites for hydroxylation is 1. The molecule has 0 saturated heterocycles. The summed E-state index contributed by atoms with van der Waals surface area (Å²) in [5.74, 6) is 2.32. The molecule has 0 aliphatic carbocycles. The molecule has 2 rings (SSSR count). The van der Waals surface area contributed by atoms with Crippen LogP contribution in [-0.2, 0) is 4.79 Å². The Labute approximate surface area is 171 Å². The van der Waals surface area contributed by atoms with Gasteiger partial charge in [-0.05, 0) is 45.0 Å². The van der Waals surface area contributed by atoms with Crippen LogP contribution in [0.4, 0.5) is 11.5 Å². The number of carbonyl (C=O) groups is 1. The molecule has 1 heterocycles. The number of hydrogen-bond acceptors (Lipinski definition) is 5. The van der Waals surface area contributed by atoms with E-state index in [9.17, 15) is 4.79 Å². The van der Waals surface area contributed by atoms with Crippen molar-refractivity contribution in [1.82, 2.24) is 10.3 Å². The van der Waals surface area contributed by atoms with Crippen molar-refractivity contribution in [2.24, 2.45) is 4.99 Å². The van der Waals surface area contributed by atoms with Crippen LogP contribution in [-0.4, -0.2) is 43.7 Å². The van der Waals surface area contributed by atoms with Gasteiger partial charge in [-0.3, -0.25) is 9.79 Å². The van der Waals surface area contributed by atoms with Crippen molar-refractivity contribution >= 4 is 23.4 Å². The van der Waals surface area contributed by atoms with E-state index in [2.05, 4.69) is 25.9 Å². The molecule has 0 fully saturated rings. The highest BCUT2D eigenvalue weighted by molar-refractivity contribution is 5.94. The van der Waals surface area contributed by atoms with Crippen molar-refractivity contribution in [3.05, 3.63) is 42.1 Å². The Morgan fingerprint density at radius 1 is 1.14 bits per heavy atom. The lowest BCUT2D eigenvalue weighted by atomic mass is 10.2. The van der Waals surface area contributed by atoms with Gasteiger partial charge in [0.1, 0.15) is 5.82 Å². The number of nitrogens with zero attached hydrogens (tertiary/aromatic N) is 2. The average Bonchev–Trinajstić information content (AvgIpc) is 2.68. The minimum Gasteiger partial charge on any atom is -0.493 e. The molecule has 8 heteroatoms. The van der Waals surface area contributed by atoms with Gasteiger partial charge in [0.25, 0.3) is 0 Å². The Kier molecular flexibility index (Phi) is 8.75. The van der Waals surface area contributed by atoms with Gasteiger partial charge in [0.05, 0.1) is 20.3 Å². The van der Waals surface area contributed by atoms with Gasteiger partial charge >= 0.3 is 0 Å². The first-order valence-corrected chi connectivity index (χ1v) is 9.65. The number of benzene rings is 1. The lowest BCUT2D eigenvalue weighted by molar-refractivity contribution is -0.116. The van der Waals surface area contributed by atoms with Crippen molar-refractivity contribution in [3.8, 4) is 11.5 Å². The van der Waals surface area contributed by atoms with Gasteiger partial charge in [-0.15, -0.1) is 0 Å². The number of pyridine rings is 1. The molecule has 0 bridgehead atoms. The van der Waals surface area contributed by atoms with E-state index in [4.69, 9.17) is 9.47 Å². The summed E-state index contributed by atoms with van der Waals surface area (Å²) in [6, 6.07) is 11.1. The lowest BCUT2D eigenvalue weighted by Crippen LogP contribution is -2.31. The maximum atomic E-state index is 12.1. The van der Waals surface area contributed by atoms with Crippen molar-refractivity contribution in [2.75, 3.05) is 37.4 Å². The summed E-state index contributed by atoms with van der Waals surface area (Å²) in [6.07, 6.45) is 0.249. The van der Waals surface area contributed by atoms with E-state index in [1.54, 1.807) is 13.2 Å². The van der Waals surface area contributed by atoms with Crippen LogP contribution in [0.5, 0.6) is 11.5 Å². The van der Waals surface area contributed by atoms with E-state index in [-0.39, 0.29) is 12.3 Å². The van der Waals surface area contributed by atoms with Crippen LogP contribution in [0.25, 0.3) is 0 Å². The SMILES string of the molecule is CCNC(=NCCC(=O)Nc1cccc(C)n1)Nc1ccc(OC)c(OCC)c1. The second kappa shape index (κ2) is 11.5. The molecule has 0 atom stereocenters. The molecule has 0 aliphatic heterocycles. The van der Waals surface area contributed by atoms with Crippen LogP contribution in [0.15, 0.2) is 41.4 Å². The Balaban J connectivity index is 1.97. The molecule has 0 saturated carbocycles. The highest BCUT2D eigenvalue weighted by Gasteiger charge is 2.08. The van der Waals surface area contributed by atoms with E-state index in [1.807, 2.05) is 51.1 Å². The fourth-order valence-corrected chi connectivity index (χ4v) is 2.55. The minimum atomic E-state index is -0.134. The van der Waals surface area contributed by atoms with Crippen molar-refractivity contribution in [1.29, 1.82) is 0 Å². The Morgan fingerprint density at radius 2 is 1.97 bits per heavy atom. The van der Waals surface area contributed by atoms with Gasteiger partial charge < -0.3 is 25.4 Å². The van der Waals surface area contributed by atoms with E-state index in [0.717, 1.165) is 11.4 Å². The Bertz CT molecular complexity index is 839. The van der Waals surface area contributed by atoms with Gasteiger partial charge in [-0.25, -0.2) is 4.98 Å². The zero-order valence-electron chi connectivity index (χ0n) is 17.4. The smallest absolute Gasteiger partial charge is 0.227 e. The molecular weight excluding hydrogens is 370 g/mol. The predicted molar refractivity (Wildman–Crippen MR) is 116 cm³/mol. The number of hydrogen-bond donors (Lipinski definition) is 3. The maximum absolute atomic E-state index is 12.1. The van der Waals surface area contributed by atoms with E-state index in [0.29, 0.717) is 43.0 Å². The van der Waals surface area contributed by atoms with Gasteiger partial charge in [-0.2, -0.15) is 0 Å². The molecule has 3 N–H and O–H groups in total. The fourth-order valence-electron chi connectivity index (χ4n) is 2.55. The Hall–Kier alpha value is -3.29. The van der Waals surface area contributed by atoms with Crippen molar-refractivity contribution in [2.45, 2.75) is 27.2 Å². The average molecular weight is 399 g/mol. The maximum Gasteiger partial charge on any atom is 0.227 e. The standard InChI is InChI=1S/C21H29N5O3/c1-5-22-21(25-16-10-11-17(28-4)18(14-16)29-6-2)23-13-12-20(27)26-19-9-7-8-15(3)24-19/h7-11,14H,5-6,12-13H2,1-4H3,(H2,22,23,25)(H,24,26,27). The molecule has 29 heavy (non-hydrogen) atoms. The molecule has 1 amide bonds. The zero-order valence-corrected chi connectivity index (χ0v) is 17.4. The molecule has 8 nitrogen and oxygen atoms in total. The third kappa shape index (κ3) is 7.33. The van der Waals surface area contributed by atoms with Gasteiger partial charge in [-0.1, -0.05) is 6.07 Å². The molecule has 156 valence electrons. The number of nitrogens with one attached hydrogen (secondary N) is 3. The monoisotopic (exact) mass is 399 g/mol. The zero-order chi connectivity index (χ0) is 21.1. The van der Waals surface area contributed by atoms with E-state index >= 15 is 0 Å². The number of carbonyl (C=O) groups excluding carboxylic acids is 1. The molecule has 0 spiro atoms. The summed E-state index contributed by atoms with van der Waals surface area (Å²) in [4.78, 5) is 20.8. The molecule has 1 aromatic carbocycles. The van der Waals surface area contributed by atoms with Crippen LogP contribution < -0.4 is 25.4 Å². The quantitative estimate of drug-likeness (QED) is 0.443. The summed E-state index contributed by atoms with van der Waals surface area (Å²) in [6.45, 7) is 7.35. The second-order valence-electron chi connectivity index (χ2n) is 6.15.